The molecule has 0 saturated carbocycles. The number of allylic oxidation sites excluding steroid dienone is 6. The topological polar surface area (TPSA) is 60.0 Å². The van der Waals surface area contributed by atoms with E-state index in [1.54, 1.807) is 12.2 Å². The summed E-state index contributed by atoms with van der Waals surface area (Å²) in [7, 11) is 0. The molecule has 0 atom stereocenters. The zero-order chi connectivity index (χ0) is 24.0. The van der Waals surface area contributed by atoms with Gasteiger partial charge in [-0.1, -0.05) is 47.6 Å². The predicted molar refractivity (Wildman–Crippen MR) is 133 cm³/mol. The van der Waals surface area contributed by atoms with E-state index >= 15 is 0 Å². The lowest BCUT2D eigenvalue weighted by Crippen LogP contribution is -2.44. The van der Waals surface area contributed by atoms with Gasteiger partial charge in [0.25, 0.3) is 0 Å². The van der Waals surface area contributed by atoms with Gasteiger partial charge in [0.2, 0.25) is 0 Å². The van der Waals surface area contributed by atoms with E-state index in [0.29, 0.717) is 11.3 Å². The Bertz CT molecular complexity index is 1140. The van der Waals surface area contributed by atoms with Crippen LogP contribution in [0.5, 0.6) is 0 Å². The number of nitrogens with zero attached hydrogens (tertiary/aromatic N) is 3. The van der Waals surface area contributed by atoms with Crippen LogP contribution in [0.25, 0.3) is 6.08 Å². The standard InChI is InChI=1S/C29H33N3O/c1-19(2)26-16-21(22(17-30)18-31)15-23(33-26)8-7-20-13-24-27-25(14-20)29(5,6)10-12-32(27)11-9-28(24,3)4/h7-8,13-16,19H,9-12H2,1-6H3/b8-7+. The Kier molecular flexibility index (Phi) is 5.75. The van der Waals surface area contributed by atoms with E-state index in [1.165, 1.54) is 16.8 Å². The second kappa shape index (κ2) is 8.27. The number of rotatable bonds is 3. The highest BCUT2D eigenvalue weighted by atomic mass is 16.5. The van der Waals surface area contributed by atoms with Crippen molar-refractivity contribution in [2.24, 2.45) is 5.92 Å². The molecule has 170 valence electrons. The summed E-state index contributed by atoms with van der Waals surface area (Å²) >= 11 is 0. The number of anilines is 1. The maximum absolute atomic E-state index is 9.34. The Balaban J connectivity index is 1.78. The molecule has 0 radical (unpaired) electrons. The zero-order valence-corrected chi connectivity index (χ0v) is 20.6. The maximum Gasteiger partial charge on any atom is 0.137 e. The van der Waals surface area contributed by atoms with Gasteiger partial charge < -0.3 is 9.64 Å². The van der Waals surface area contributed by atoms with Crippen LogP contribution in [0.15, 0.2) is 53.0 Å². The van der Waals surface area contributed by atoms with Crippen LogP contribution in [0.2, 0.25) is 0 Å². The molecule has 0 unspecified atom stereocenters. The van der Waals surface area contributed by atoms with Gasteiger partial charge in [0.1, 0.15) is 29.2 Å². The summed E-state index contributed by atoms with van der Waals surface area (Å²) in [5.74, 6) is 1.55. The van der Waals surface area contributed by atoms with Gasteiger partial charge >= 0.3 is 0 Å². The van der Waals surface area contributed by atoms with Gasteiger partial charge in [0.15, 0.2) is 0 Å². The van der Waals surface area contributed by atoms with Crippen LogP contribution >= 0.6 is 0 Å². The van der Waals surface area contributed by atoms with Crippen molar-refractivity contribution in [1.29, 1.82) is 10.5 Å². The molecule has 0 fully saturated rings. The van der Waals surface area contributed by atoms with E-state index in [4.69, 9.17) is 4.74 Å². The van der Waals surface area contributed by atoms with E-state index in [1.807, 2.05) is 32.1 Å². The Morgan fingerprint density at radius 2 is 1.55 bits per heavy atom. The van der Waals surface area contributed by atoms with Crippen molar-refractivity contribution in [2.45, 2.75) is 65.2 Å². The molecule has 0 saturated heterocycles. The van der Waals surface area contributed by atoms with Crippen LogP contribution in [0, 0.1) is 28.6 Å². The first-order chi connectivity index (χ1) is 15.6. The fourth-order valence-electron chi connectivity index (χ4n) is 4.95. The average molecular weight is 440 g/mol. The Labute approximate surface area is 198 Å². The van der Waals surface area contributed by atoms with Crippen LogP contribution < -0.4 is 4.90 Å². The molecule has 1 aromatic rings. The number of benzene rings is 1. The van der Waals surface area contributed by atoms with Crippen LogP contribution in [0.4, 0.5) is 5.69 Å². The quantitative estimate of drug-likeness (QED) is 0.494. The molecule has 4 heteroatoms. The highest BCUT2D eigenvalue weighted by Crippen LogP contribution is 2.49. The first-order valence-corrected chi connectivity index (χ1v) is 11.8. The molecule has 0 aliphatic carbocycles. The highest BCUT2D eigenvalue weighted by molar-refractivity contribution is 5.72. The largest absolute Gasteiger partial charge is 0.461 e. The van der Waals surface area contributed by atoms with E-state index in [0.717, 1.165) is 37.3 Å². The van der Waals surface area contributed by atoms with Crippen molar-refractivity contribution in [1.82, 2.24) is 0 Å². The van der Waals surface area contributed by atoms with Crippen molar-refractivity contribution in [3.05, 3.63) is 69.7 Å². The normalized spacial score (nSPS) is 20.4. The van der Waals surface area contributed by atoms with Gasteiger partial charge in [-0.2, -0.15) is 10.5 Å². The summed E-state index contributed by atoms with van der Waals surface area (Å²) in [4.78, 5) is 2.57. The molecule has 0 bridgehead atoms. The first kappa shape index (κ1) is 22.9. The smallest absolute Gasteiger partial charge is 0.137 e. The zero-order valence-electron chi connectivity index (χ0n) is 20.6. The third kappa shape index (κ3) is 4.23. The van der Waals surface area contributed by atoms with E-state index in [-0.39, 0.29) is 22.3 Å². The van der Waals surface area contributed by atoms with Gasteiger partial charge in [-0.15, -0.1) is 0 Å². The Morgan fingerprint density at radius 1 is 0.970 bits per heavy atom. The van der Waals surface area contributed by atoms with E-state index in [2.05, 4.69) is 50.8 Å². The van der Waals surface area contributed by atoms with Crippen LogP contribution in [-0.4, -0.2) is 13.1 Å². The van der Waals surface area contributed by atoms with Gasteiger partial charge in [-0.3, -0.25) is 0 Å². The number of hydrogen-bond acceptors (Lipinski definition) is 4. The van der Waals surface area contributed by atoms with Crippen LogP contribution in [0.1, 0.15) is 71.1 Å². The monoisotopic (exact) mass is 439 g/mol. The summed E-state index contributed by atoms with van der Waals surface area (Å²) in [6, 6.07) is 8.66. The third-order valence-electron chi connectivity index (χ3n) is 7.27. The van der Waals surface area contributed by atoms with Crippen molar-refractivity contribution in [2.75, 3.05) is 18.0 Å². The maximum atomic E-state index is 9.34. The molecule has 3 aliphatic rings. The molecular formula is C29H33N3O. The van der Waals surface area contributed by atoms with Crippen molar-refractivity contribution >= 4 is 11.8 Å². The fraction of sp³-hybridized carbons (Fsp3) is 0.448. The summed E-state index contributed by atoms with van der Waals surface area (Å²) in [5, 5.41) is 18.7. The molecule has 4 nitrogen and oxygen atoms in total. The highest BCUT2D eigenvalue weighted by Gasteiger charge is 2.39. The first-order valence-electron chi connectivity index (χ1n) is 11.8. The molecule has 0 spiro atoms. The lowest BCUT2D eigenvalue weighted by Gasteiger charge is -2.48. The number of nitriles is 2. The van der Waals surface area contributed by atoms with Crippen molar-refractivity contribution in [3.8, 4) is 12.1 Å². The van der Waals surface area contributed by atoms with Crippen molar-refractivity contribution < 1.29 is 4.74 Å². The minimum absolute atomic E-state index is 0.101. The molecule has 0 aromatic heterocycles. The van der Waals surface area contributed by atoms with Crippen LogP contribution in [-0.2, 0) is 15.6 Å². The van der Waals surface area contributed by atoms with Gasteiger partial charge in [0.05, 0.1) is 0 Å². The molecule has 33 heavy (non-hydrogen) atoms. The summed E-state index contributed by atoms with van der Waals surface area (Å²) in [5.41, 5.74) is 6.43. The molecule has 1 aromatic carbocycles. The van der Waals surface area contributed by atoms with Gasteiger partial charge in [0, 0.05) is 30.3 Å². The molecule has 0 N–H and O–H groups in total. The molecule has 3 aliphatic heterocycles. The minimum atomic E-state index is 0.101. The van der Waals surface area contributed by atoms with Crippen LogP contribution in [0.3, 0.4) is 0 Å². The summed E-state index contributed by atoms with van der Waals surface area (Å²) in [6.45, 7) is 15.7. The molecule has 0 amide bonds. The average Bonchev–Trinajstić information content (AvgIpc) is 2.77. The second-order valence-corrected chi connectivity index (χ2v) is 11.0. The minimum Gasteiger partial charge on any atom is -0.461 e. The lowest BCUT2D eigenvalue weighted by molar-refractivity contribution is 0.275. The number of hydrogen-bond donors (Lipinski definition) is 0. The van der Waals surface area contributed by atoms with Crippen molar-refractivity contribution in [3.63, 3.8) is 0 Å². The second-order valence-electron chi connectivity index (χ2n) is 11.0. The van der Waals surface area contributed by atoms with Gasteiger partial charge in [-0.05, 0) is 70.7 Å². The fourth-order valence-corrected chi connectivity index (χ4v) is 4.95. The SMILES string of the molecule is CC(C)C1=CC(=C(C#N)C#N)C=C(/C=C/c2cc3c4c(c2)C(C)(C)CCN4CCC3(C)C)O1. The molecule has 4 rings (SSSR count). The predicted octanol–water partition coefficient (Wildman–Crippen LogP) is 6.67. The molecular weight excluding hydrogens is 406 g/mol. The number of ether oxygens (including phenoxy) is 1. The lowest BCUT2D eigenvalue weighted by atomic mass is 9.69. The Morgan fingerprint density at radius 3 is 2.06 bits per heavy atom. The van der Waals surface area contributed by atoms with E-state index < -0.39 is 0 Å². The summed E-state index contributed by atoms with van der Waals surface area (Å²) < 4.78 is 6.09. The molecule has 3 heterocycles. The van der Waals surface area contributed by atoms with Gasteiger partial charge in [-0.25, -0.2) is 0 Å². The third-order valence-corrected chi connectivity index (χ3v) is 7.27. The summed E-state index contributed by atoms with van der Waals surface area (Å²) in [6.07, 6.45) is 9.95. The van der Waals surface area contributed by atoms with E-state index in [9.17, 15) is 10.5 Å². The Hall–Kier alpha value is -3.24.